The van der Waals surface area contributed by atoms with E-state index in [9.17, 15) is 0 Å². The second kappa shape index (κ2) is 4.55. The molecule has 3 nitrogen and oxygen atoms in total. The summed E-state index contributed by atoms with van der Waals surface area (Å²) < 4.78 is 0. The Morgan fingerprint density at radius 1 is 1.47 bits per heavy atom. The van der Waals surface area contributed by atoms with Gasteiger partial charge in [0.15, 0.2) is 0 Å². The lowest BCUT2D eigenvalue weighted by molar-refractivity contribution is 0.632. The van der Waals surface area contributed by atoms with E-state index in [4.69, 9.17) is 4.98 Å². The summed E-state index contributed by atoms with van der Waals surface area (Å²) in [5, 5.41) is 6.77. The maximum Gasteiger partial charge on any atom is 0.124 e. The Hall–Kier alpha value is -1.26. The Balaban J connectivity index is 1.92. The van der Waals surface area contributed by atoms with E-state index in [0.29, 0.717) is 6.04 Å². The molecule has 0 radical (unpaired) electrons. The molecule has 1 saturated heterocycles. The van der Waals surface area contributed by atoms with Crippen molar-refractivity contribution in [1.82, 2.24) is 15.3 Å². The number of aryl methyl sites for hydroxylation is 1. The number of hydrogen-bond donors (Lipinski definition) is 1. The summed E-state index contributed by atoms with van der Waals surface area (Å²) in [5.41, 5.74) is 3.58. The number of rotatable bonds is 2. The molecular formula is C13H15N3S. The number of hydrogen-bond acceptors (Lipinski definition) is 4. The van der Waals surface area contributed by atoms with Crippen molar-refractivity contribution in [2.24, 2.45) is 0 Å². The van der Waals surface area contributed by atoms with Gasteiger partial charge in [0.05, 0.1) is 11.7 Å². The van der Waals surface area contributed by atoms with Crippen molar-refractivity contribution in [2.45, 2.75) is 25.8 Å². The van der Waals surface area contributed by atoms with Gasteiger partial charge in [0.25, 0.3) is 0 Å². The molecule has 1 aliphatic heterocycles. The van der Waals surface area contributed by atoms with Gasteiger partial charge in [-0.3, -0.25) is 4.98 Å². The average Bonchev–Trinajstić information content (AvgIpc) is 3.00. The van der Waals surface area contributed by atoms with Gasteiger partial charge in [-0.05, 0) is 37.9 Å². The zero-order valence-corrected chi connectivity index (χ0v) is 10.6. The Kier molecular flexibility index (Phi) is 2.91. The van der Waals surface area contributed by atoms with Gasteiger partial charge in [0, 0.05) is 23.3 Å². The standard InChI is InChI=1S/C13H15N3S/c1-9-7-14-6-4-10(9)13-16-12(8-17-13)11-3-2-5-15-11/h4,6-8,11,15H,2-3,5H2,1H3. The predicted octanol–water partition coefficient (Wildman–Crippen LogP) is 2.94. The zero-order valence-electron chi connectivity index (χ0n) is 9.81. The molecule has 0 spiro atoms. The van der Waals surface area contributed by atoms with Crippen LogP contribution < -0.4 is 5.32 Å². The van der Waals surface area contributed by atoms with Crippen LogP contribution >= 0.6 is 11.3 Å². The van der Waals surface area contributed by atoms with Gasteiger partial charge in [-0.2, -0.15) is 0 Å². The highest BCUT2D eigenvalue weighted by molar-refractivity contribution is 7.13. The molecule has 88 valence electrons. The fraction of sp³-hybridized carbons (Fsp3) is 0.385. The maximum absolute atomic E-state index is 4.75. The summed E-state index contributed by atoms with van der Waals surface area (Å²) in [6.45, 7) is 3.20. The van der Waals surface area contributed by atoms with Crippen molar-refractivity contribution < 1.29 is 0 Å². The van der Waals surface area contributed by atoms with Gasteiger partial charge in [0.2, 0.25) is 0 Å². The third-order valence-electron chi connectivity index (χ3n) is 3.19. The van der Waals surface area contributed by atoms with Crippen LogP contribution in [0.1, 0.15) is 30.1 Å². The van der Waals surface area contributed by atoms with Gasteiger partial charge in [-0.15, -0.1) is 11.3 Å². The van der Waals surface area contributed by atoms with Gasteiger partial charge in [-0.1, -0.05) is 0 Å². The van der Waals surface area contributed by atoms with E-state index < -0.39 is 0 Å². The van der Waals surface area contributed by atoms with Crippen LogP contribution in [0.2, 0.25) is 0 Å². The molecule has 3 heterocycles. The van der Waals surface area contributed by atoms with Crippen LogP contribution in [-0.2, 0) is 0 Å². The maximum atomic E-state index is 4.75. The quantitative estimate of drug-likeness (QED) is 0.884. The number of nitrogens with zero attached hydrogens (tertiary/aromatic N) is 2. The van der Waals surface area contributed by atoms with Crippen molar-refractivity contribution in [2.75, 3.05) is 6.54 Å². The lowest BCUT2D eigenvalue weighted by atomic mass is 10.1. The zero-order chi connectivity index (χ0) is 11.7. The van der Waals surface area contributed by atoms with Crippen LogP contribution in [0.15, 0.2) is 23.8 Å². The molecule has 1 N–H and O–H groups in total. The number of nitrogens with one attached hydrogen (secondary N) is 1. The van der Waals surface area contributed by atoms with E-state index in [0.717, 1.165) is 11.6 Å². The highest BCUT2D eigenvalue weighted by atomic mass is 32.1. The summed E-state index contributed by atoms with van der Waals surface area (Å²) in [6, 6.07) is 2.50. The first-order valence-corrected chi connectivity index (χ1v) is 6.82. The Morgan fingerprint density at radius 3 is 3.18 bits per heavy atom. The van der Waals surface area contributed by atoms with Crippen LogP contribution in [0.5, 0.6) is 0 Å². The van der Waals surface area contributed by atoms with Gasteiger partial charge < -0.3 is 5.32 Å². The van der Waals surface area contributed by atoms with Crippen molar-refractivity contribution in [3.05, 3.63) is 35.1 Å². The molecule has 0 aromatic carbocycles. The average molecular weight is 245 g/mol. The first-order valence-electron chi connectivity index (χ1n) is 5.94. The van der Waals surface area contributed by atoms with E-state index in [1.165, 1.54) is 29.7 Å². The first kappa shape index (κ1) is 10.9. The number of aromatic nitrogens is 2. The first-order chi connectivity index (χ1) is 8.34. The molecule has 0 aliphatic carbocycles. The van der Waals surface area contributed by atoms with E-state index in [-0.39, 0.29) is 0 Å². The molecule has 2 aromatic heterocycles. The topological polar surface area (TPSA) is 37.8 Å². The Bertz CT molecular complexity index is 515. The monoisotopic (exact) mass is 245 g/mol. The summed E-state index contributed by atoms with van der Waals surface area (Å²) in [7, 11) is 0. The molecular weight excluding hydrogens is 230 g/mol. The van der Waals surface area contributed by atoms with Crippen molar-refractivity contribution in [1.29, 1.82) is 0 Å². The molecule has 1 atom stereocenters. The van der Waals surface area contributed by atoms with Gasteiger partial charge in [0.1, 0.15) is 5.01 Å². The molecule has 2 aromatic rings. The molecule has 17 heavy (non-hydrogen) atoms. The smallest absolute Gasteiger partial charge is 0.124 e. The minimum Gasteiger partial charge on any atom is -0.309 e. The fourth-order valence-electron chi connectivity index (χ4n) is 2.22. The van der Waals surface area contributed by atoms with Gasteiger partial charge in [-0.25, -0.2) is 4.98 Å². The lowest BCUT2D eigenvalue weighted by Gasteiger charge is -2.05. The molecule has 0 bridgehead atoms. The summed E-state index contributed by atoms with van der Waals surface area (Å²) in [4.78, 5) is 8.87. The van der Waals surface area contributed by atoms with E-state index >= 15 is 0 Å². The van der Waals surface area contributed by atoms with E-state index in [1.807, 2.05) is 18.5 Å². The normalized spacial score (nSPS) is 19.7. The van der Waals surface area contributed by atoms with Crippen LogP contribution in [0.4, 0.5) is 0 Å². The Morgan fingerprint density at radius 2 is 2.41 bits per heavy atom. The molecule has 1 aliphatic rings. The summed E-state index contributed by atoms with van der Waals surface area (Å²) in [5.74, 6) is 0. The van der Waals surface area contributed by atoms with Crippen molar-refractivity contribution >= 4 is 11.3 Å². The Labute approximate surface area is 105 Å². The minimum absolute atomic E-state index is 0.460. The molecule has 0 saturated carbocycles. The SMILES string of the molecule is Cc1cnccc1-c1nc(C2CCCN2)cs1. The van der Waals surface area contributed by atoms with E-state index in [2.05, 4.69) is 22.6 Å². The molecule has 1 unspecified atom stereocenters. The highest BCUT2D eigenvalue weighted by Gasteiger charge is 2.19. The van der Waals surface area contributed by atoms with Crippen LogP contribution in [0, 0.1) is 6.92 Å². The second-order valence-corrected chi connectivity index (χ2v) is 5.28. The third kappa shape index (κ3) is 2.10. The molecule has 1 fully saturated rings. The second-order valence-electron chi connectivity index (χ2n) is 4.42. The van der Waals surface area contributed by atoms with Gasteiger partial charge >= 0.3 is 0 Å². The van der Waals surface area contributed by atoms with Crippen LogP contribution in [-0.4, -0.2) is 16.5 Å². The molecule has 0 amide bonds. The largest absolute Gasteiger partial charge is 0.309 e. The predicted molar refractivity (Wildman–Crippen MR) is 70.1 cm³/mol. The van der Waals surface area contributed by atoms with Crippen LogP contribution in [0.3, 0.4) is 0 Å². The number of thiazole rings is 1. The van der Waals surface area contributed by atoms with Crippen LogP contribution in [0.25, 0.3) is 10.6 Å². The number of pyridine rings is 1. The summed E-state index contributed by atoms with van der Waals surface area (Å²) >= 11 is 1.72. The summed E-state index contributed by atoms with van der Waals surface area (Å²) in [6.07, 6.45) is 6.19. The lowest BCUT2D eigenvalue weighted by Crippen LogP contribution is -2.12. The fourth-order valence-corrected chi connectivity index (χ4v) is 3.18. The van der Waals surface area contributed by atoms with Crippen molar-refractivity contribution in [3.8, 4) is 10.6 Å². The molecule has 3 rings (SSSR count). The molecule has 4 heteroatoms. The highest BCUT2D eigenvalue weighted by Crippen LogP contribution is 2.30. The van der Waals surface area contributed by atoms with Crippen molar-refractivity contribution in [3.63, 3.8) is 0 Å². The minimum atomic E-state index is 0.460. The van der Waals surface area contributed by atoms with E-state index in [1.54, 1.807) is 11.3 Å². The third-order valence-corrected chi connectivity index (χ3v) is 4.08.